The van der Waals surface area contributed by atoms with E-state index in [1.807, 2.05) is 12.1 Å². The predicted octanol–water partition coefficient (Wildman–Crippen LogP) is 3.10. The van der Waals surface area contributed by atoms with E-state index in [0.29, 0.717) is 21.6 Å². The van der Waals surface area contributed by atoms with Crippen LogP contribution in [-0.4, -0.2) is 21.6 Å². The van der Waals surface area contributed by atoms with Gasteiger partial charge in [-0.3, -0.25) is 4.98 Å². The fourth-order valence-corrected chi connectivity index (χ4v) is 2.17. The van der Waals surface area contributed by atoms with Crippen LogP contribution < -0.4 is 5.32 Å². The first-order chi connectivity index (χ1) is 8.99. The first-order valence-electron chi connectivity index (χ1n) is 5.68. The predicted molar refractivity (Wildman–Crippen MR) is 76.6 cm³/mol. The van der Waals surface area contributed by atoms with Crippen molar-refractivity contribution in [1.82, 2.24) is 9.97 Å². The molecule has 1 unspecified atom stereocenters. The van der Waals surface area contributed by atoms with E-state index in [1.165, 1.54) is 12.4 Å². The number of benzene rings is 1. The molecule has 0 aliphatic rings. The van der Waals surface area contributed by atoms with Gasteiger partial charge in [-0.2, -0.15) is 0 Å². The van der Waals surface area contributed by atoms with Crippen LogP contribution in [0, 0.1) is 0 Å². The van der Waals surface area contributed by atoms with Gasteiger partial charge in [-0.15, -0.1) is 0 Å². The highest BCUT2D eigenvalue weighted by atomic mass is 35.5. The lowest BCUT2D eigenvalue weighted by Crippen LogP contribution is -2.31. The van der Waals surface area contributed by atoms with Crippen LogP contribution in [0.15, 0.2) is 36.7 Å². The van der Waals surface area contributed by atoms with Gasteiger partial charge in [-0.05, 0) is 13.0 Å². The van der Waals surface area contributed by atoms with E-state index in [2.05, 4.69) is 15.3 Å². The maximum Gasteiger partial charge on any atom is 0.149 e. The molecule has 1 atom stereocenters. The molecule has 0 fully saturated rings. The second-order valence-electron chi connectivity index (χ2n) is 4.33. The van der Waals surface area contributed by atoms with Gasteiger partial charge in [0.15, 0.2) is 0 Å². The molecule has 100 valence electrons. The molecule has 2 rings (SSSR count). The van der Waals surface area contributed by atoms with Crippen molar-refractivity contribution in [3.8, 4) is 0 Å². The largest absolute Gasteiger partial charge is 0.384 e. The van der Waals surface area contributed by atoms with Crippen LogP contribution in [0.2, 0.25) is 10.2 Å². The minimum absolute atomic E-state index is 0.242. The topological polar surface area (TPSA) is 58.0 Å². The van der Waals surface area contributed by atoms with E-state index in [-0.39, 0.29) is 6.54 Å². The van der Waals surface area contributed by atoms with Gasteiger partial charge in [0, 0.05) is 17.1 Å². The lowest BCUT2D eigenvalue weighted by atomic mass is 9.96. The van der Waals surface area contributed by atoms with E-state index in [0.717, 1.165) is 0 Å². The zero-order valence-electron chi connectivity index (χ0n) is 10.3. The smallest absolute Gasteiger partial charge is 0.149 e. The van der Waals surface area contributed by atoms with Crippen molar-refractivity contribution in [2.24, 2.45) is 0 Å². The number of rotatable bonds is 4. The maximum atomic E-state index is 10.5. The van der Waals surface area contributed by atoms with Crippen LogP contribution in [0.4, 0.5) is 5.82 Å². The quantitative estimate of drug-likeness (QED) is 0.910. The van der Waals surface area contributed by atoms with Gasteiger partial charge < -0.3 is 10.4 Å². The number of nitrogens with one attached hydrogen (secondary N) is 1. The second-order valence-corrected chi connectivity index (χ2v) is 5.13. The SMILES string of the molecule is CC(O)(CNc1cncc(Cl)n1)c1ccccc1Cl. The van der Waals surface area contributed by atoms with Gasteiger partial charge in [0.05, 0.1) is 12.4 Å². The van der Waals surface area contributed by atoms with Crippen LogP contribution in [0.25, 0.3) is 0 Å². The highest BCUT2D eigenvalue weighted by Crippen LogP contribution is 2.27. The number of hydrogen-bond donors (Lipinski definition) is 2. The van der Waals surface area contributed by atoms with Crippen LogP contribution in [0.3, 0.4) is 0 Å². The van der Waals surface area contributed by atoms with Gasteiger partial charge in [-0.1, -0.05) is 41.4 Å². The lowest BCUT2D eigenvalue weighted by molar-refractivity contribution is 0.0715. The normalized spacial score (nSPS) is 13.9. The van der Waals surface area contributed by atoms with E-state index in [9.17, 15) is 5.11 Å². The molecule has 19 heavy (non-hydrogen) atoms. The molecular weight excluding hydrogens is 285 g/mol. The number of anilines is 1. The zero-order chi connectivity index (χ0) is 13.9. The van der Waals surface area contributed by atoms with Crippen LogP contribution in [0.5, 0.6) is 0 Å². The molecule has 6 heteroatoms. The summed E-state index contributed by atoms with van der Waals surface area (Å²) in [6.07, 6.45) is 2.98. The molecule has 0 saturated heterocycles. The van der Waals surface area contributed by atoms with Gasteiger partial charge >= 0.3 is 0 Å². The van der Waals surface area contributed by atoms with Crippen molar-refractivity contribution in [2.75, 3.05) is 11.9 Å². The number of halogens is 2. The minimum atomic E-state index is -1.12. The Labute approximate surface area is 121 Å². The highest BCUT2D eigenvalue weighted by Gasteiger charge is 2.25. The van der Waals surface area contributed by atoms with E-state index >= 15 is 0 Å². The molecule has 1 aromatic heterocycles. The standard InChI is InChI=1S/C13H13Cl2N3O/c1-13(19,9-4-2-3-5-10(9)14)8-17-12-7-16-6-11(15)18-12/h2-7,19H,8H2,1H3,(H,17,18). The zero-order valence-corrected chi connectivity index (χ0v) is 11.8. The molecule has 2 aromatic rings. The van der Waals surface area contributed by atoms with E-state index in [1.54, 1.807) is 19.1 Å². The molecule has 2 N–H and O–H groups in total. The summed E-state index contributed by atoms with van der Waals surface area (Å²) < 4.78 is 0. The van der Waals surface area contributed by atoms with E-state index in [4.69, 9.17) is 23.2 Å². The van der Waals surface area contributed by atoms with Gasteiger partial charge in [0.1, 0.15) is 16.6 Å². The van der Waals surface area contributed by atoms with Crippen molar-refractivity contribution < 1.29 is 5.11 Å². The van der Waals surface area contributed by atoms with Crippen molar-refractivity contribution in [3.05, 3.63) is 52.4 Å². The first-order valence-corrected chi connectivity index (χ1v) is 6.43. The molecule has 0 amide bonds. The lowest BCUT2D eigenvalue weighted by Gasteiger charge is -2.25. The Morgan fingerprint density at radius 3 is 2.68 bits per heavy atom. The fourth-order valence-electron chi connectivity index (χ4n) is 1.68. The average Bonchev–Trinajstić information content (AvgIpc) is 2.37. The summed E-state index contributed by atoms with van der Waals surface area (Å²) in [6.45, 7) is 1.92. The number of hydrogen-bond acceptors (Lipinski definition) is 4. The maximum absolute atomic E-state index is 10.5. The van der Waals surface area contributed by atoms with Crippen molar-refractivity contribution in [2.45, 2.75) is 12.5 Å². The van der Waals surface area contributed by atoms with Crippen LogP contribution >= 0.6 is 23.2 Å². The van der Waals surface area contributed by atoms with Gasteiger partial charge in [0.25, 0.3) is 0 Å². The third-order valence-corrected chi connectivity index (χ3v) is 3.18. The second kappa shape index (κ2) is 5.74. The molecular formula is C13H13Cl2N3O. The van der Waals surface area contributed by atoms with E-state index < -0.39 is 5.60 Å². The van der Waals surface area contributed by atoms with Crippen molar-refractivity contribution >= 4 is 29.0 Å². The molecule has 0 bridgehead atoms. The monoisotopic (exact) mass is 297 g/mol. The summed E-state index contributed by atoms with van der Waals surface area (Å²) in [5, 5.41) is 14.3. The van der Waals surface area contributed by atoms with Gasteiger partial charge in [-0.25, -0.2) is 4.98 Å². The molecule has 0 saturated carbocycles. The summed E-state index contributed by atoms with van der Waals surface area (Å²) in [5.74, 6) is 0.500. The Hall–Kier alpha value is -1.36. The molecule has 0 spiro atoms. The average molecular weight is 298 g/mol. The number of aliphatic hydroxyl groups is 1. The molecule has 1 heterocycles. The highest BCUT2D eigenvalue weighted by molar-refractivity contribution is 6.31. The first kappa shape index (κ1) is 14.1. The molecule has 0 aliphatic carbocycles. The molecule has 0 aliphatic heterocycles. The summed E-state index contributed by atoms with van der Waals surface area (Å²) >= 11 is 11.8. The third kappa shape index (κ3) is 3.56. The summed E-state index contributed by atoms with van der Waals surface area (Å²) in [5.41, 5.74) is -0.471. The third-order valence-electron chi connectivity index (χ3n) is 2.67. The Morgan fingerprint density at radius 2 is 2.00 bits per heavy atom. The fraction of sp³-hybridized carbons (Fsp3) is 0.231. The van der Waals surface area contributed by atoms with Crippen LogP contribution in [0.1, 0.15) is 12.5 Å². The summed E-state index contributed by atoms with van der Waals surface area (Å²) in [6, 6.07) is 7.17. The minimum Gasteiger partial charge on any atom is -0.384 e. The van der Waals surface area contributed by atoms with Gasteiger partial charge in [0.2, 0.25) is 0 Å². The van der Waals surface area contributed by atoms with Crippen LogP contribution in [-0.2, 0) is 5.60 Å². The Balaban J connectivity index is 2.12. The Bertz CT molecular complexity index is 575. The number of nitrogens with zero attached hydrogens (tertiary/aromatic N) is 2. The molecule has 4 nitrogen and oxygen atoms in total. The van der Waals surface area contributed by atoms with Crippen molar-refractivity contribution in [1.29, 1.82) is 0 Å². The Kier molecular flexibility index (Phi) is 4.24. The molecule has 0 radical (unpaired) electrons. The summed E-state index contributed by atoms with van der Waals surface area (Å²) in [7, 11) is 0. The summed E-state index contributed by atoms with van der Waals surface area (Å²) in [4.78, 5) is 7.95. The van der Waals surface area contributed by atoms with Crippen molar-refractivity contribution in [3.63, 3.8) is 0 Å². The molecule has 1 aromatic carbocycles. The Morgan fingerprint density at radius 1 is 1.26 bits per heavy atom. The number of aromatic nitrogens is 2.